The highest BCUT2D eigenvalue weighted by Crippen LogP contribution is 2.14. The van der Waals surface area contributed by atoms with Crippen LogP contribution in [0.1, 0.15) is 33.1 Å². The summed E-state index contributed by atoms with van der Waals surface area (Å²) in [5.74, 6) is 0. The second-order valence-electron chi connectivity index (χ2n) is 3.94. The Morgan fingerprint density at radius 2 is 2.08 bits per heavy atom. The summed E-state index contributed by atoms with van der Waals surface area (Å²) in [6, 6.07) is 0.667. The van der Waals surface area contributed by atoms with Crippen molar-refractivity contribution in [1.82, 2.24) is 4.90 Å². The second-order valence-corrected chi connectivity index (χ2v) is 3.94. The van der Waals surface area contributed by atoms with Crippen LogP contribution in [0.4, 0.5) is 0 Å². The Balaban J connectivity index is 2.42. The molecule has 1 atom stereocenters. The first-order valence-corrected chi connectivity index (χ1v) is 5.01. The van der Waals surface area contributed by atoms with Gasteiger partial charge >= 0.3 is 0 Å². The fourth-order valence-corrected chi connectivity index (χ4v) is 1.79. The van der Waals surface area contributed by atoms with Crippen LogP contribution in [0.15, 0.2) is 0 Å². The largest absolute Gasteiger partial charge is 0.380 e. The van der Waals surface area contributed by atoms with E-state index in [4.69, 9.17) is 4.74 Å². The molecule has 0 aromatic carbocycles. The van der Waals surface area contributed by atoms with Gasteiger partial charge in [-0.25, -0.2) is 0 Å². The molecular weight excluding hydrogens is 150 g/mol. The van der Waals surface area contributed by atoms with E-state index in [1.54, 1.807) is 0 Å². The Labute approximate surface area is 75.9 Å². The van der Waals surface area contributed by atoms with Gasteiger partial charge in [-0.1, -0.05) is 0 Å². The van der Waals surface area contributed by atoms with Crippen molar-refractivity contribution in [3.05, 3.63) is 0 Å². The summed E-state index contributed by atoms with van der Waals surface area (Å²) in [5.41, 5.74) is 0. The Hall–Kier alpha value is -0.0800. The van der Waals surface area contributed by atoms with Crippen LogP contribution in [0.2, 0.25) is 0 Å². The number of ether oxygens (including phenoxy) is 1. The van der Waals surface area contributed by atoms with Crippen LogP contribution >= 0.6 is 0 Å². The van der Waals surface area contributed by atoms with Crippen molar-refractivity contribution in [3.63, 3.8) is 0 Å². The van der Waals surface area contributed by atoms with Gasteiger partial charge in [0, 0.05) is 19.7 Å². The smallest absolute Gasteiger partial charge is 0.0698 e. The highest BCUT2D eigenvalue weighted by molar-refractivity contribution is 4.73. The average molecular weight is 171 g/mol. The lowest BCUT2D eigenvalue weighted by Gasteiger charge is -2.27. The van der Waals surface area contributed by atoms with E-state index in [0.717, 1.165) is 6.54 Å². The molecule has 0 N–H and O–H groups in total. The van der Waals surface area contributed by atoms with Crippen molar-refractivity contribution in [2.45, 2.75) is 45.3 Å². The molecule has 0 aromatic rings. The van der Waals surface area contributed by atoms with Gasteiger partial charge in [0.25, 0.3) is 0 Å². The summed E-state index contributed by atoms with van der Waals surface area (Å²) in [5, 5.41) is 0. The second kappa shape index (κ2) is 4.83. The van der Waals surface area contributed by atoms with Crippen LogP contribution in [-0.4, -0.2) is 37.2 Å². The molecule has 1 aliphatic rings. The minimum Gasteiger partial charge on any atom is -0.380 e. The molecule has 0 spiro atoms. The molecule has 1 fully saturated rings. The van der Waals surface area contributed by atoms with Crippen molar-refractivity contribution >= 4 is 0 Å². The Morgan fingerprint density at radius 3 is 2.67 bits per heavy atom. The summed E-state index contributed by atoms with van der Waals surface area (Å²) < 4.78 is 5.41. The van der Waals surface area contributed by atoms with Gasteiger partial charge < -0.3 is 4.74 Å². The van der Waals surface area contributed by atoms with Gasteiger partial charge in [0.2, 0.25) is 0 Å². The van der Waals surface area contributed by atoms with Gasteiger partial charge in [0.05, 0.1) is 6.10 Å². The lowest BCUT2D eigenvalue weighted by Crippen LogP contribution is -2.36. The van der Waals surface area contributed by atoms with Gasteiger partial charge in [0.1, 0.15) is 0 Å². The van der Waals surface area contributed by atoms with E-state index in [1.165, 1.54) is 25.8 Å². The standard InChI is InChI=1S/C10H21NO/c1-9(2)11-7-5-4-6-10(8-11)12-3/h9-10H,4-8H2,1-3H3. The monoisotopic (exact) mass is 171 g/mol. The molecule has 0 aromatic heterocycles. The predicted molar refractivity (Wildman–Crippen MR) is 51.4 cm³/mol. The maximum absolute atomic E-state index is 5.41. The number of methoxy groups -OCH3 is 1. The van der Waals surface area contributed by atoms with Crippen molar-refractivity contribution in [2.75, 3.05) is 20.2 Å². The molecular formula is C10H21NO. The Morgan fingerprint density at radius 1 is 1.33 bits per heavy atom. The molecule has 1 aliphatic heterocycles. The molecule has 1 saturated heterocycles. The van der Waals surface area contributed by atoms with Gasteiger partial charge in [-0.2, -0.15) is 0 Å². The van der Waals surface area contributed by atoms with E-state index in [0.29, 0.717) is 12.1 Å². The van der Waals surface area contributed by atoms with Crippen LogP contribution < -0.4 is 0 Å². The molecule has 1 heterocycles. The molecule has 72 valence electrons. The van der Waals surface area contributed by atoms with Crippen LogP contribution in [-0.2, 0) is 4.74 Å². The molecule has 0 aliphatic carbocycles. The maximum Gasteiger partial charge on any atom is 0.0698 e. The fourth-order valence-electron chi connectivity index (χ4n) is 1.79. The minimum atomic E-state index is 0.468. The molecule has 12 heavy (non-hydrogen) atoms. The highest BCUT2D eigenvalue weighted by atomic mass is 16.5. The summed E-state index contributed by atoms with van der Waals surface area (Å²) in [6.45, 7) is 6.89. The SMILES string of the molecule is COC1CCCCN(C(C)C)C1. The van der Waals surface area contributed by atoms with E-state index in [-0.39, 0.29) is 0 Å². The third kappa shape index (κ3) is 2.76. The number of nitrogens with zero attached hydrogens (tertiary/aromatic N) is 1. The maximum atomic E-state index is 5.41. The Kier molecular flexibility index (Phi) is 4.02. The lowest BCUT2D eigenvalue weighted by atomic mass is 10.2. The Bertz CT molecular complexity index is 125. The third-order valence-corrected chi connectivity index (χ3v) is 2.72. The molecule has 0 radical (unpaired) electrons. The van der Waals surface area contributed by atoms with E-state index in [9.17, 15) is 0 Å². The van der Waals surface area contributed by atoms with Gasteiger partial charge in [-0.15, -0.1) is 0 Å². The lowest BCUT2D eigenvalue weighted by molar-refractivity contribution is 0.0601. The summed E-state index contributed by atoms with van der Waals surface area (Å²) in [6.07, 6.45) is 4.36. The van der Waals surface area contributed by atoms with Gasteiger partial charge in [0.15, 0.2) is 0 Å². The molecule has 1 unspecified atom stereocenters. The zero-order valence-corrected chi connectivity index (χ0v) is 8.55. The zero-order valence-electron chi connectivity index (χ0n) is 8.55. The molecule has 1 rings (SSSR count). The van der Waals surface area contributed by atoms with Gasteiger partial charge in [-0.05, 0) is 39.7 Å². The van der Waals surface area contributed by atoms with E-state index in [2.05, 4.69) is 18.7 Å². The molecule has 0 bridgehead atoms. The van der Waals surface area contributed by atoms with Crippen molar-refractivity contribution in [1.29, 1.82) is 0 Å². The highest BCUT2D eigenvalue weighted by Gasteiger charge is 2.18. The fraction of sp³-hybridized carbons (Fsp3) is 1.00. The first-order chi connectivity index (χ1) is 5.74. The van der Waals surface area contributed by atoms with Crippen molar-refractivity contribution in [3.8, 4) is 0 Å². The number of likely N-dealkylation sites (tertiary alicyclic amines) is 1. The number of hydrogen-bond donors (Lipinski definition) is 0. The molecule has 0 saturated carbocycles. The quantitative estimate of drug-likeness (QED) is 0.629. The molecule has 2 nitrogen and oxygen atoms in total. The summed E-state index contributed by atoms with van der Waals surface area (Å²) in [7, 11) is 1.83. The van der Waals surface area contributed by atoms with E-state index < -0.39 is 0 Å². The topological polar surface area (TPSA) is 12.5 Å². The first-order valence-electron chi connectivity index (χ1n) is 5.01. The number of rotatable bonds is 2. The average Bonchev–Trinajstić information content (AvgIpc) is 2.28. The predicted octanol–water partition coefficient (Wildman–Crippen LogP) is 1.90. The normalized spacial score (nSPS) is 27.5. The zero-order chi connectivity index (χ0) is 8.97. The van der Waals surface area contributed by atoms with Gasteiger partial charge in [-0.3, -0.25) is 4.90 Å². The minimum absolute atomic E-state index is 0.468. The van der Waals surface area contributed by atoms with Crippen LogP contribution in [0.25, 0.3) is 0 Å². The van der Waals surface area contributed by atoms with E-state index in [1.807, 2.05) is 7.11 Å². The van der Waals surface area contributed by atoms with E-state index >= 15 is 0 Å². The van der Waals surface area contributed by atoms with Crippen LogP contribution in [0.3, 0.4) is 0 Å². The first kappa shape index (κ1) is 10.0. The summed E-state index contributed by atoms with van der Waals surface area (Å²) >= 11 is 0. The molecule has 2 heteroatoms. The van der Waals surface area contributed by atoms with Crippen LogP contribution in [0, 0.1) is 0 Å². The summed E-state index contributed by atoms with van der Waals surface area (Å²) in [4.78, 5) is 2.52. The van der Waals surface area contributed by atoms with Crippen LogP contribution in [0.5, 0.6) is 0 Å². The third-order valence-electron chi connectivity index (χ3n) is 2.72. The molecule has 0 amide bonds. The van der Waals surface area contributed by atoms with Crippen molar-refractivity contribution < 1.29 is 4.74 Å². The number of hydrogen-bond acceptors (Lipinski definition) is 2. The van der Waals surface area contributed by atoms with Crippen molar-refractivity contribution in [2.24, 2.45) is 0 Å².